The van der Waals surface area contributed by atoms with Crippen molar-refractivity contribution in [1.29, 1.82) is 0 Å². The highest BCUT2D eigenvalue weighted by atomic mass is 16.5. The maximum atomic E-state index is 5.88. The van der Waals surface area contributed by atoms with Crippen LogP contribution < -0.4 is 9.47 Å². The summed E-state index contributed by atoms with van der Waals surface area (Å²) in [5.74, 6) is 1.71. The van der Waals surface area contributed by atoms with Crippen LogP contribution in [0.25, 0.3) is 21.9 Å². The molecule has 0 aromatic heterocycles. The molecule has 0 aliphatic carbocycles. The van der Waals surface area contributed by atoms with E-state index in [1.165, 1.54) is 21.9 Å². The highest BCUT2D eigenvalue weighted by molar-refractivity contribution is 6.01. The van der Waals surface area contributed by atoms with Crippen molar-refractivity contribution in [2.24, 2.45) is 0 Å². The quantitative estimate of drug-likeness (QED) is 0.533. The first-order chi connectivity index (χ1) is 14.7. The second kappa shape index (κ2) is 9.50. The molecule has 0 N–H and O–H groups in total. The number of hydrogen-bond acceptors (Lipinski definition) is 4. The Morgan fingerprint density at radius 2 is 1.57 bits per heavy atom. The minimum absolute atomic E-state index is 0.794. The van der Waals surface area contributed by atoms with Crippen LogP contribution in [0, 0.1) is 0 Å². The topological polar surface area (TPSA) is 30.9 Å². The molecule has 1 aliphatic rings. The van der Waals surface area contributed by atoms with Crippen molar-refractivity contribution >= 4 is 10.8 Å². The van der Waals surface area contributed by atoms with Gasteiger partial charge < -0.3 is 14.2 Å². The molecule has 30 heavy (non-hydrogen) atoms. The Balaban J connectivity index is 1.81. The lowest BCUT2D eigenvalue weighted by Crippen LogP contribution is -2.35. The van der Waals surface area contributed by atoms with Gasteiger partial charge in [0, 0.05) is 19.6 Å². The van der Waals surface area contributed by atoms with Crippen LogP contribution in [0.1, 0.15) is 24.5 Å². The molecular weight excluding hydrogens is 374 g/mol. The zero-order valence-corrected chi connectivity index (χ0v) is 18.2. The molecule has 0 bridgehead atoms. The van der Waals surface area contributed by atoms with E-state index < -0.39 is 0 Å². The fraction of sp³-hybridized carbons (Fsp3) is 0.385. The monoisotopic (exact) mass is 405 g/mol. The van der Waals surface area contributed by atoms with Crippen molar-refractivity contribution in [2.75, 3.05) is 40.5 Å². The second-order valence-electron chi connectivity index (χ2n) is 7.83. The highest BCUT2D eigenvalue weighted by Crippen LogP contribution is 2.43. The molecule has 1 fully saturated rings. The van der Waals surface area contributed by atoms with Crippen LogP contribution in [0.5, 0.6) is 11.5 Å². The van der Waals surface area contributed by atoms with Crippen molar-refractivity contribution in [2.45, 2.75) is 26.3 Å². The van der Waals surface area contributed by atoms with Crippen molar-refractivity contribution in [3.8, 4) is 22.6 Å². The van der Waals surface area contributed by atoms with Gasteiger partial charge >= 0.3 is 0 Å². The smallest absolute Gasteiger partial charge is 0.130 e. The van der Waals surface area contributed by atoms with E-state index in [9.17, 15) is 0 Å². The Labute approximate surface area is 179 Å². The normalized spacial score (nSPS) is 14.8. The zero-order chi connectivity index (χ0) is 20.9. The Morgan fingerprint density at radius 1 is 0.900 bits per heavy atom. The molecule has 1 saturated heterocycles. The van der Waals surface area contributed by atoms with E-state index in [-0.39, 0.29) is 0 Å². The van der Waals surface area contributed by atoms with E-state index in [4.69, 9.17) is 14.2 Å². The minimum Gasteiger partial charge on any atom is -0.496 e. The van der Waals surface area contributed by atoms with Gasteiger partial charge in [-0.25, -0.2) is 0 Å². The summed E-state index contributed by atoms with van der Waals surface area (Å²) in [6.07, 6.45) is 2.21. The van der Waals surface area contributed by atoms with Crippen molar-refractivity contribution in [1.82, 2.24) is 4.90 Å². The first kappa shape index (κ1) is 20.7. The number of ether oxygens (including phenoxy) is 3. The van der Waals surface area contributed by atoms with Crippen molar-refractivity contribution in [3.63, 3.8) is 0 Å². The van der Waals surface area contributed by atoms with Gasteiger partial charge in [0.1, 0.15) is 11.5 Å². The minimum atomic E-state index is 0.794. The zero-order valence-electron chi connectivity index (χ0n) is 18.2. The van der Waals surface area contributed by atoms with E-state index >= 15 is 0 Å². The second-order valence-corrected chi connectivity index (χ2v) is 7.83. The first-order valence-electron chi connectivity index (χ1n) is 10.8. The van der Waals surface area contributed by atoms with Gasteiger partial charge in [0.25, 0.3) is 0 Å². The van der Waals surface area contributed by atoms with Gasteiger partial charge in [-0.3, -0.25) is 4.90 Å². The Morgan fingerprint density at radius 3 is 2.23 bits per heavy atom. The molecule has 158 valence electrons. The summed E-state index contributed by atoms with van der Waals surface area (Å²) in [4.78, 5) is 2.41. The maximum Gasteiger partial charge on any atom is 0.130 e. The predicted molar refractivity (Wildman–Crippen MR) is 123 cm³/mol. The van der Waals surface area contributed by atoms with Gasteiger partial charge in [-0.2, -0.15) is 0 Å². The maximum absolute atomic E-state index is 5.88. The summed E-state index contributed by atoms with van der Waals surface area (Å²) in [6.45, 7) is 6.59. The van der Waals surface area contributed by atoms with E-state index in [0.29, 0.717) is 0 Å². The summed E-state index contributed by atoms with van der Waals surface area (Å²) in [6, 6.07) is 17.4. The molecular formula is C26H31NO3. The number of aryl methyl sites for hydroxylation is 1. The Hall–Kier alpha value is -2.56. The van der Waals surface area contributed by atoms with E-state index in [0.717, 1.165) is 68.3 Å². The lowest BCUT2D eigenvalue weighted by molar-refractivity contribution is 0.0341. The lowest BCUT2D eigenvalue weighted by atomic mass is 9.92. The molecule has 0 amide bonds. The van der Waals surface area contributed by atoms with Crippen LogP contribution >= 0.6 is 0 Å². The number of nitrogens with zero attached hydrogens (tertiary/aromatic N) is 1. The number of benzene rings is 3. The summed E-state index contributed by atoms with van der Waals surface area (Å²) in [5.41, 5.74) is 4.75. The van der Waals surface area contributed by atoms with Crippen LogP contribution in [-0.2, 0) is 17.7 Å². The largest absolute Gasteiger partial charge is 0.496 e. The number of methoxy groups -OCH3 is 2. The molecule has 1 aliphatic heterocycles. The van der Waals surface area contributed by atoms with Gasteiger partial charge in [-0.1, -0.05) is 49.7 Å². The first-order valence-corrected chi connectivity index (χ1v) is 10.8. The fourth-order valence-electron chi connectivity index (χ4n) is 4.42. The molecule has 4 nitrogen and oxygen atoms in total. The molecule has 0 radical (unpaired) electrons. The Kier molecular flexibility index (Phi) is 6.56. The average molecular weight is 406 g/mol. The van der Waals surface area contributed by atoms with Crippen LogP contribution in [0.4, 0.5) is 0 Å². The summed E-state index contributed by atoms with van der Waals surface area (Å²) in [5, 5.41) is 2.54. The van der Waals surface area contributed by atoms with Gasteiger partial charge in [0.05, 0.1) is 33.0 Å². The van der Waals surface area contributed by atoms with E-state index in [1.807, 2.05) is 0 Å². The van der Waals surface area contributed by atoms with E-state index in [2.05, 4.69) is 60.4 Å². The summed E-state index contributed by atoms with van der Waals surface area (Å²) in [7, 11) is 3.48. The molecule has 0 spiro atoms. The number of hydrogen-bond donors (Lipinski definition) is 0. The molecule has 4 rings (SSSR count). The third-order valence-corrected chi connectivity index (χ3v) is 5.88. The van der Waals surface area contributed by atoms with Gasteiger partial charge in [0.15, 0.2) is 0 Å². The van der Waals surface area contributed by atoms with Gasteiger partial charge in [-0.05, 0) is 46.0 Å². The molecule has 0 unspecified atom stereocenters. The van der Waals surface area contributed by atoms with Crippen LogP contribution in [0.15, 0.2) is 48.5 Å². The molecule has 3 aromatic rings. The summed E-state index contributed by atoms with van der Waals surface area (Å²) >= 11 is 0. The predicted octanol–water partition coefficient (Wildman–Crippen LogP) is 5.31. The van der Waals surface area contributed by atoms with Crippen LogP contribution in [-0.4, -0.2) is 45.4 Å². The third-order valence-electron chi connectivity index (χ3n) is 5.88. The lowest BCUT2D eigenvalue weighted by Gasteiger charge is -2.27. The summed E-state index contributed by atoms with van der Waals surface area (Å²) < 4.78 is 17.2. The van der Waals surface area contributed by atoms with Crippen molar-refractivity contribution < 1.29 is 14.2 Å². The number of fused-ring (bicyclic) bond motifs is 1. The molecule has 0 atom stereocenters. The van der Waals surface area contributed by atoms with Crippen molar-refractivity contribution in [3.05, 3.63) is 59.7 Å². The molecule has 4 heteroatoms. The van der Waals surface area contributed by atoms with Gasteiger partial charge in [0.2, 0.25) is 0 Å². The molecule has 3 aromatic carbocycles. The van der Waals surface area contributed by atoms with Crippen LogP contribution in [0.3, 0.4) is 0 Å². The fourth-order valence-corrected chi connectivity index (χ4v) is 4.42. The number of morpholine rings is 1. The third kappa shape index (κ3) is 4.16. The van der Waals surface area contributed by atoms with Gasteiger partial charge in [-0.15, -0.1) is 0 Å². The van der Waals surface area contributed by atoms with E-state index in [1.54, 1.807) is 14.2 Å². The average Bonchev–Trinajstić information content (AvgIpc) is 2.79. The van der Waals surface area contributed by atoms with Crippen LogP contribution in [0.2, 0.25) is 0 Å². The Bertz CT molecular complexity index is 983. The highest BCUT2D eigenvalue weighted by Gasteiger charge is 2.19. The molecule has 0 saturated carbocycles. The SMILES string of the molecule is CCCc1cccc2c(-c3c(OC)cc(CN4CCOCC4)cc3OC)cccc12. The molecule has 1 heterocycles. The standard InChI is InChI=1S/C26H31NO3/c1-4-7-20-8-5-10-22-21(20)9-6-11-23(22)26-24(28-2)16-19(17-25(26)29-3)18-27-12-14-30-15-13-27/h5-6,8-11,16-17H,4,7,12-15,18H2,1-3H3. The number of rotatable bonds is 7.